The number of rotatable bonds is 5. The van der Waals surface area contributed by atoms with E-state index in [1.54, 1.807) is 6.92 Å². The molecule has 18 heavy (non-hydrogen) atoms. The zero-order valence-corrected chi connectivity index (χ0v) is 11.1. The van der Waals surface area contributed by atoms with Crippen LogP contribution in [0.1, 0.15) is 32.8 Å². The first-order chi connectivity index (χ1) is 8.49. The molecule has 0 amide bonds. The van der Waals surface area contributed by atoms with Gasteiger partial charge in [0, 0.05) is 0 Å². The standard InChI is InChI=1S/C15H19NO2/c1-4-15(10-16,12(3)11(2)14(17)18)13-8-6-5-7-9-13/h5-9,11-12H,4H2,1-3H3,(H,17,18). The molecule has 0 aliphatic rings. The van der Waals surface area contributed by atoms with E-state index in [1.165, 1.54) is 0 Å². The van der Waals surface area contributed by atoms with Crippen molar-refractivity contribution in [3.05, 3.63) is 35.9 Å². The van der Waals surface area contributed by atoms with Crippen molar-refractivity contribution < 1.29 is 9.90 Å². The molecular formula is C15H19NO2. The molecule has 1 aromatic carbocycles. The molecule has 3 unspecified atom stereocenters. The average molecular weight is 245 g/mol. The van der Waals surface area contributed by atoms with Crippen molar-refractivity contribution in [1.29, 1.82) is 5.26 Å². The van der Waals surface area contributed by atoms with E-state index in [1.807, 2.05) is 44.2 Å². The highest BCUT2D eigenvalue weighted by molar-refractivity contribution is 5.70. The van der Waals surface area contributed by atoms with E-state index >= 15 is 0 Å². The first-order valence-electron chi connectivity index (χ1n) is 6.19. The highest BCUT2D eigenvalue weighted by atomic mass is 16.4. The Morgan fingerprint density at radius 2 is 1.94 bits per heavy atom. The van der Waals surface area contributed by atoms with E-state index in [2.05, 4.69) is 6.07 Å². The molecule has 3 nitrogen and oxygen atoms in total. The molecule has 0 saturated carbocycles. The van der Waals surface area contributed by atoms with Gasteiger partial charge in [-0.2, -0.15) is 5.26 Å². The second kappa shape index (κ2) is 5.68. The third-order valence-electron chi connectivity index (χ3n) is 3.96. The number of aliphatic carboxylic acids is 1. The second-order valence-corrected chi connectivity index (χ2v) is 4.72. The maximum atomic E-state index is 11.1. The fourth-order valence-corrected chi connectivity index (χ4v) is 2.41. The highest BCUT2D eigenvalue weighted by Gasteiger charge is 2.41. The number of nitriles is 1. The number of carbonyl (C=O) groups is 1. The first-order valence-corrected chi connectivity index (χ1v) is 6.19. The van der Waals surface area contributed by atoms with Crippen LogP contribution in [0.5, 0.6) is 0 Å². The summed E-state index contributed by atoms with van der Waals surface area (Å²) >= 11 is 0. The van der Waals surface area contributed by atoms with E-state index in [0.29, 0.717) is 6.42 Å². The summed E-state index contributed by atoms with van der Waals surface area (Å²) in [6, 6.07) is 11.8. The van der Waals surface area contributed by atoms with Crippen molar-refractivity contribution in [3.8, 4) is 6.07 Å². The fraction of sp³-hybridized carbons (Fsp3) is 0.467. The molecule has 3 atom stereocenters. The topological polar surface area (TPSA) is 61.1 Å². The zero-order chi connectivity index (χ0) is 13.8. The summed E-state index contributed by atoms with van der Waals surface area (Å²) in [7, 11) is 0. The monoisotopic (exact) mass is 245 g/mol. The predicted molar refractivity (Wildman–Crippen MR) is 70.0 cm³/mol. The van der Waals surface area contributed by atoms with Gasteiger partial charge in [0.05, 0.1) is 17.4 Å². The molecule has 0 spiro atoms. The molecule has 0 fully saturated rings. The molecular weight excluding hydrogens is 226 g/mol. The van der Waals surface area contributed by atoms with E-state index < -0.39 is 17.3 Å². The van der Waals surface area contributed by atoms with Gasteiger partial charge < -0.3 is 5.11 Å². The Kier molecular flexibility index (Phi) is 4.49. The molecule has 1 aromatic rings. The Morgan fingerprint density at radius 1 is 1.39 bits per heavy atom. The third-order valence-corrected chi connectivity index (χ3v) is 3.96. The summed E-state index contributed by atoms with van der Waals surface area (Å²) < 4.78 is 0. The SMILES string of the molecule is CCC(C#N)(c1ccccc1)C(C)C(C)C(=O)O. The Bertz CT molecular complexity index is 449. The molecule has 1 rings (SSSR count). The van der Waals surface area contributed by atoms with Crippen LogP contribution in [0.25, 0.3) is 0 Å². The maximum absolute atomic E-state index is 11.1. The quantitative estimate of drug-likeness (QED) is 0.866. The Morgan fingerprint density at radius 3 is 2.33 bits per heavy atom. The predicted octanol–water partition coefficient (Wildman–Crippen LogP) is 3.21. The van der Waals surface area contributed by atoms with Gasteiger partial charge in [-0.3, -0.25) is 4.79 Å². The van der Waals surface area contributed by atoms with Gasteiger partial charge in [-0.1, -0.05) is 51.1 Å². The molecule has 3 heteroatoms. The molecule has 1 N–H and O–H groups in total. The first kappa shape index (κ1) is 14.2. The number of carboxylic acids is 1. The van der Waals surface area contributed by atoms with Gasteiger partial charge in [-0.15, -0.1) is 0 Å². The van der Waals surface area contributed by atoms with Crippen LogP contribution >= 0.6 is 0 Å². The maximum Gasteiger partial charge on any atom is 0.306 e. The number of carboxylic acid groups (broad SMARTS) is 1. The Labute approximate surface area is 108 Å². The molecule has 0 bridgehead atoms. The minimum absolute atomic E-state index is 0.243. The summed E-state index contributed by atoms with van der Waals surface area (Å²) in [6.07, 6.45) is 0.603. The van der Waals surface area contributed by atoms with Gasteiger partial charge in [-0.05, 0) is 17.9 Å². The van der Waals surface area contributed by atoms with Gasteiger partial charge in [0.25, 0.3) is 0 Å². The lowest BCUT2D eigenvalue weighted by Crippen LogP contribution is -2.38. The van der Waals surface area contributed by atoms with Crippen LogP contribution in [0.2, 0.25) is 0 Å². The summed E-state index contributed by atoms with van der Waals surface area (Å²) in [6.45, 7) is 5.44. The molecule has 0 radical (unpaired) electrons. The lowest BCUT2D eigenvalue weighted by Gasteiger charge is -2.34. The lowest BCUT2D eigenvalue weighted by atomic mass is 9.66. The molecule has 0 saturated heterocycles. The minimum atomic E-state index is -0.855. The molecule has 0 aliphatic carbocycles. The van der Waals surface area contributed by atoms with Crippen LogP contribution in [0, 0.1) is 23.2 Å². The summed E-state index contributed by atoms with van der Waals surface area (Å²) in [4.78, 5) is 11.1. The van der Waals surface area contributed by atoms with Gasteiger partial charge in [0.1, 0.15) is 0 Å². The van der Waals surface area contributed by atoms with Crippen LogP contribution in [-0.2, 0) is 10.2 Å². The number of hydrogen-bond donors (Lipinski definition) is 1. The molecule has 0 aromatic heterocycles. The largest absolute Gasteiger partial charge is 0.481 e. The van der Waals surface area contributed by atoms with Crippen molar-refractivity contribution in [3.63, 3.8) is 0 Å². The van der Waals surface area contributed by atoms with Crippen molar-refractivity contribution in [2.75, 3.05) is 0 Å². The number of hydrogen-bond acceptors (Lipinski definition) is 2. The van der Waals surface area contributed by atoms with Crippen molar-refractivity contribution in [2.45, 2.75) is 32.6 Å². The number of benzene rings is 1. The van der Waals surface area contributed by atoms with Crippen molar-refractivity contribution in [2.24, 2.45) is 11.8 Å². The molecule has 96 valence electrons. The second-order valence-electron chi connectivity index (χ2n) is 4.72. The summed E-state index contributed by atoms with van der Waals surface area (Å²) in [5.41, 5.74) is 0.162. The Hall–Kier alpha value is -1.82. The summed E-state index contributed by atoms with van der Waals surface area (Å²) in [5.74, 6) is -1.65. The van der Waals surface area contributed by atoms with E-state index in [-0.39, 0.29) is 5.92 Å². The number of nitrogens with zero attached hydrogens (tertiary/aromatic N) is 1. The van der Waals surface area contributed by atoms with Crippen LogP contribution in [0.3, 0.4) is 0 Å². The molecule has 0 aliphatic heterocycles. The van der Waals surface area contributed by atoms with Crippen molar-refractivity contribution in [1.82, 2.24) is 0 Å². The zero-order valence-electron chi connectivity index (χ0n) is 11.1. The van der Waals surface area contributed by atoms with Crippen LogP contribution in [0.4, 0.5) is 0 Å². The Balaban J connectivity index is 3.25. The van der Waals surface area contributed by atoms with Crippen LogP contribution in [-0.4, -0.2) is 11.1 Å². The summed E-state index contributed by atoms with van der Waals surface area (Å²) in [5, 5.41) is 18.7. The van der Waals surface area contributed by atoms with E-state index in [4.69, 9.17) is 5.11 Å². The minimum Gasteiger partial charge on any atom is -0.481 e. The third kappa shape index (κ3) is 2.38. The van der Waals surface area contributed by atoms with Gasteiger partial charge in [0.2, 0.25) is 0 Å². The molecule has 0 heterocycles. The lowest BCUT2D eigenvalue weighted by molar-refractivity contribution is -0.143. The van der Waals surface area contributed by atoms with Gasteiger partial charge in [-0.25, -0.2) is 0 Å². The van der Waals surface area contributed by atoms with E-state index in [0.717, 1.165) is 5.56 Å². The smallest absolute Gasteiger partial charge is 0.306 e. The average Bonchev–Trinajstić information content (AvgIpc) is 2.40. The van der Waals surface area contributed by atoms with Crippen LogP contribution in [0.15, 0.2) is 30.3 Å². The normalized spacial score (nSPS) is 17.2. The van der Waals surface area contributed by atoms with Gasteiger partial charge in [0.15, 0.2) is 0 Å². The van der Waals surface area contributed by atoms with Crippen LogP contribution < -0.4 is 0 Å². The van der Waals surface area contributed by atoms with Gasteiger partial charge >= 0.3 is 5.97 Å². The highest BCUT2D eigenvalue weighted by Crippen LogP contribution is 2.39. The fourth-order valence-electron chi connectivity index (χ4n) is 2.41. The van der Waals surface area contributed by atoms with E-state index in [9.17, 15) is 10.1 Å². The van der Waals surface area contributed by atoms with Crippen molar-refractivity contribution >= 4 is 5.97 Å².